The number of carbonyl (C=O) groups excluding carboxylic acids is 2. The Morgan fingerprint density at radius 1 is 1.27 bits per heavy atom. The molecule has 30 heavy (non-hydrogen) atoms. The Balaban J connectivity index is 1.71. The highest BCUT2D eigenvalue weighted by molar-refractivity contribution is 8.00. The van der Waals surface area contributed by atoms with E-state index in [2.05, 4.69) is 6.92 Å². The van der Waals surface area contributed by atoms with Crippen molar-refractivity contribution in [3.8, 4) is 5.75 Å². The van der Waals surface area contributed by atoms with Crippen LogP contribution >= 0.6 is 11.8 Å². The van der Waals surface area contributed by atoms with Gasteiger partial charge in [0.05, 0.1) is 22.8 Å². The predicted octanol–water partition coefficient (Wildman–Crippen LogP) is 4.07. The standard InChI is InChI=1S/C21H22N2O6S/c1-3-28-18-9-8-15(12-17(18)23(26)27)21(25)29-13-20(24)22-11-10-14(2)30-19-7-5-4-6-16(19)22/h4-9,12,14H,3,10-11,13H2,1-2H3. The number of carbonyl (C=O) groups is 2. The van der Waals surface area contributed by atoms with E-state index in [1.54, 1.807) is 23.6 Å². The van der Waals surface area contributed by atoms with E-state index in [-0.39, 0.29) is 29.5 Å². The SMILES string of the molecule is CCOc1ccc(C(=O)OCC(=O)N2CCC(C)Sc3ccccc32)cc1[N+](=O)[O-]. The van der Waals surface area contributed by atoms with Crippen molar-refractivity contribution in [1.29, 1.82) is 0 Å². The van der Waals surface area contributed by atoms with Crippen molar-refractivity contribution < 1.29 is 24.0 Å². The minimum absolute atomic E-state index is 0.0154. The lowest BCUT2D eigenvalue weighted by molar-refractivity contribution is -0.385. The van der Waals surface area contributed by atoms with Gasteiger partial charge in [0.15, 0.2) is 12.4 Å². The maximum atomic E-state index is 12.8. The Hall–Kier alpha value is -3.07. The van der Waals surface area contributed by atoms with Crippen molar-refractivity contribution >= 4 is 35.0 Å². The summed E-state index contributed by atoms with van der Waals surface area (Å²) in [4.78, 5) is 38.4. The molecule has 1 unspecified atom stereocenters. The topological polar surface area (TPSA) is 99.0 Å². The second-order valence-electron chi connectivity index (χ2n) is 6.68. The molecule has 0 radical (unpaired) electrons. The average Bonchev–Trinajstić information content (AvgIpc) is 2.90. The summed E-state index contributed by atoms with van der Waals surface area (Å²) < 4.78 is 10.4. The number of rotatable bonds is 6. The van der Waals surface area contributed by atoms with Crippen molar-refractivity contribution in [2.24, 2.45) is 0 Å². The summed E-state index contributed by atoms with van der Waals surface area (Å²) in [6.45, 7) is 4.14. The fourth-order valence-electron chi connectivity index (χ4n) is 3.10. The number of para-hydroxylation sites is 1. The van der Waals surface area contributed by atoms with E-state index in [9.17, 15) is 19.7 Å². The van der Waals surface area contributed by atoms with Gasteiger partial charge in [-0.3, -0.25) is 14.9 Å². The van der Waals surface area contributed by atoms with Crippen molar-refractivity contribution in [2.45, 2.75) is 30.4 Å². The third kappa shape index (κ3) is 4.91. The minimum Gasteiger partial charge on any atom is -0.487 e. The highest BCUT2D eigenvalue weighted by Gasteiger charge is 2.25. The second kappa shape index (κ2) is 9.62. The monoisotopic (exact) mass is 430 g/mol. The Kier molecular flexibility index (Phi) is 6.94. The summed E-state index contributed by atoms with van der Waals surface area (Å²) in [5.74, 6) is -1.07. The highest BCUT2D eigenvalue weighted by Crippen LogP contribution is 2.37. The fraction of sp³-hybridized carbons (Fsp3) is 0.333. The number of esters is 1. The van der Waals surface area contributed by atoms with Crippen LogP contribution in [0.3, 0.4) is 0 Å². The molecular formula is C21H22N2O6S. The van der Waals surface area contributed by atoms with Gasteiger partial charge < -0.3 is 14.4 Å². The third-order valence-electron chi connectivity index (χ3n) is 4.56. The number of amides is 1. The predicted molar refractivity (Wildman–Crippen MR) is 113 cm³/mol. The molecule has 158 valence electrons. The number of hydrogen-bond donors (Lipinski definition) is 0. The van der Waals surface area contributed by atoms with E-state index in [1.165, 1.54) is 12.1 Å². The lowest BCUT2D eigenvalue weighted by Gasteiger charge is -2.22. The van der Waals surface area contributed by atoms with Crippen molar-refractivity contribution in [2.75, 3.05) is 24.7 Å². The number of hydrogen-bond acceptors (Lipinski definition) is 7. The van der Waals surface area contributed by atoms with Gasteiger partial charge in [0, 0.05) is 22.8 Å². The quantitative estimate of drug-likeness (QED) is 0.387. The molecule has 3 rings (SSSR count). The molecule has 0 spiro atoms. The normalized spacial score (nSPS) is 15.7. The maximum Gasteiger partial charge on any atom is 0.338 e. The lowest BCUT2D eigenvalue weighted by atomic mass is 10.2. The van der Waals surface area contributed by atoms with Crippen LogP contribution in [0.5, 0.6) is 5.75 Å². The number of thioether (sulfide) groups is 1. The molecule has 1 aliphatic heterocycles. The number of fused-ring (bicyclic) bond motifs is 1. The van der Waals surface area contributed by atoms with E-state index in [0.717, 1.165) is 23.1 Å². The van der Waals surface area contributed by atoms with Gasteiger partial charge in [0.25, 0.3) is 5.91 Å². The van der Waals surface area contributed by atoms with Crippen LogP contribution in [0.2, 0.25) is 0 Å². The fourth-order valence-corrected chi connectivity index (χ4v) is 4.21. The van der Waals surface area contributed by atoms with Crippen molar-refractivity contribution in [1.82, 2.24) is 0 Å². The van der Waals surface area contributed by atoms with Crippen LogP contribution < -0.4 is 9.64 Å². The summed E-state index contributed by atoms with van der Waals surface area (Å²) in [6.07, 6.45) is 0.810. The Bertz CT molecular complexity index is 964. The second-order valence-corrected chi connectivity index (χ2v) is 8.16. The molecule has 9 heteroatoms. The van der Waals surface area contributed by atoms with Gasteiger partial charge in [-0.15, -0.1) is 11.8 Å². The Morgan fingerprint density at radius 3 is 2.77 bits per heavy atom. The molecule has 0 saturated carbocycles. The minimum atomic E-state index is -0.805. The first-order valence-corrected chi connectivity index (χ1v) is 10.4. The van der Waals surface area contributed by atoms with Crippen LogP contribution in [0, 0.1) is 10.1 Å². The molecule has 0 aromatic heterocycles. The van der Waals surface area contributed by atoms with E-state index < -0.39 is 17.5 Å². The van der Waals surface area contributed by atoms with E-state index in [4.69, 9.17) is 9.47 Å². The highest BCUT2D eigenvalue weighted by atomic mass is 32.2. The molecule has 0 N–H and O–H groups in total. The number of nitrogens with zero attached hydrogens (tertiary/aromatic N) is 2. The summed E-state index contributed by atoms with van der Waals surface area (Å²) in [6, 6.07) is 11.4. The first kappa shape index (κ1) is 21.6. The van der Waals surface area contributed by atoms with E-state index in [1.807, 2.05) is 24.3 Å². The van der Waals surface area contributed by atoms with Crippen LogP contribution in [-0.4, -0.2) is 41.8 Å². The molecule has 1 amide bonds. The average molecular weight is 430 g/mol. The largest absolute Gasteiger partial charge is 0.487 e. The van der Waals surface area contributed by atoms with Crippen LogP contribution in [0.15, 0.2) is 47.4 Å². The number of anilines is 1. The molecule has 1 atom stereocenters. The van der Waals surface area contributed by atoms with Crippen LogP contribution in [0.25, 0.3) is 0 Å². The summed E-state index contributed by atoms with van der Waals surface area (Å²) in [5, 5.41) is 11.6. The zero-order valence-corrected chi connectivity index (χ0v) is 17.5. The molecule has 2 aromatic rings. The first-order chi connectivity index (χ1) is 14.4. The van der Waals surface area contributed by atoms with E-state index >= 15 is 0 Å². The smallest absolute Gasteiger partial charge is 0.338 e. The molecular weight excluding hydrogens is 408 g/mol. The van der Waals surface area contributed by atoms with Gasteiger partial charge in [0.1, 0.15) is 0 Å². The van der Waals surface area contributed by atoms with Crippen LogP contribution in [0.4, 0.5) is 11.4 Å². The van der Waals surface area contributed by atoms with Crippen molar-refractivity contribution in [3.63, 3.8) is 0 Å². The van der Waals surface area contributed by atoms with Gasteiger partial charge in [-0.1, -0.05) is 19.1 Å². The number of benzene rings is 2. The molecule has 0 bridgehead atoms. The Morgan fingerprint density at radius 2 is 2.03 bits per heavy atom. The number of nitro groups is 1. The zero-order valence-electron chi connectivity index (χ0n) is 16.7. The lowest BCUT2D eigenvalue weighted by Crippen LogP contribution is -2.35. The molecule has 1 heterocycles. The third-order valence-corrected chi connectivity index (χ3v) is 5.80. The zero-order chi connectivity index (χ0) is 21.7. The van der Waals surface area contributed by atoms with Gasteiger partial charge in [-0.25, -0.2) is 4.79 Å². The molecule has 0 fully saturated rings. The summed E-state index contributed by atoms with van der Waals surface area (Å²) >= 11 is 1.71. The molecule has 2 aromatic carbocycles. The maximum absolute atomic E-state index is 12.8. The van der Waals surface area contributed by atoms with Gasteiger partial charge >= 0.3 is 11.7 Å². The first-order valence-electron chi connectivity index (χ1n) is 9.55. The molecule has 0 saturated heterocycles. The van der Waals surface area contributed by atoms with Crippen LogP contribution in [0.1, 0.15) is 30.6 Å². The van der Waals surface area contributed by atoms with Gasteiger partial charge in [-0.2, -0.15) is 0 Å². The van der Waals surface area contributed by atoms with E-state index in [0.29, 0.717) is 11.8 Å². The molecule has 1 aliphatic rings. The number of nitro benzene ring substituents is 1. The number of ether oxygens (including phenoxy) is 2. The molecule has 8 nitrogen and oxygen atoms in total. The van der Waals surface area contributed by atoms with Gasteiger partial charge in [0.2, 0.25) is 0 Å². The summed E-state index contributed by atoms with van der Waals surface area (Å²) in [5.41, 5.74) is 0.452. The van der Waals surface area contributed by atoms with Crippen LogP contribution in [-0.2, 0) is 9.53 Å². The molecule has 0 aliphatic carbocycles. The summed E-state index contributed by atoms with van der Waals surface area (Å²) in [7, 11) is 0. The van der Waals surface area contributed by atoms with Gasteiger partial charge in [-0.05, 0) is 37.6 Å². The van der Waals surface area contributed by atoms with Crippen molar-refractivity contribution in [3.05, 3.63) is 58.1 Å². The Labute approximate surface area is 178 Å².